The molecule has 39 heavy (non-hydrogen) atoms. The van der Waals surface area contributed by atoms with Crippen LogP contribution in [0.1, 0.15) is 55.5 Å². The molecule has 0 radical (unpaired) electrons. The van der Waals surface area contributed by atoms with Gasteiger partial charge in [-0.2, -0.15) is 0 Å². The molecule has 0 unspecified atom stereocenters. The van der Waals surface area contributed by atoms with Crippen LogP contribution in [0.3, 0.4) is 0 Å². The van der Waals surface area contributed by atoms with Crippen LogP contribution in [-0.4, -0.2) is 45.5 Å². The Labute approximate surface area is 229 Å². The van der Waals surface area contributed by atoms with Gasteiger partial charge in [-0.25, -0.2) is 9.97 Å². The number of ether oxygens (including phenoxy) is 1. The number of carbonyl (C=O) groups excluding carboxylic acids is 2. The Kier molecular flexibility index (Phi) is 7.15. The van der Waals surface area contributed by atoms with Gasteiger partial charge in [-0.3, -0.25) is 9.59 Å². The van der Waals surface area contributed by atoms with Crippen LogP contribution in [0.4, 0.5) is 20.2 Å². The lowest BCUT2D eigenvalue weighted by Crippen LogP contribution is -2.50. The Hall–Kier alpha value is -3.79. The molecule has 204 valence electrons. The van der Waals surface area contributed by atoms with Crippen molar-refractivity contribution in [1.82, 2.24) is 15.3 Å². The maximum absolute atomic E-state index is 13.4. The van der Waals surface area contributed by atoms with Crippen molar-refractivity contribution in [2.75, 3.05) is 10.2 Å². The summed E-state index contributed by atoms with van der Waals surface area (Å²) in [6, 6.07) is 9.43. The molecule has 2 N–H and O–H groups in total. The first-order valence-corrected chi connectivity index (χ1v) is 13.1. The summed E-state index contributed by atoms with van der Waals surface area (Å²) >= 11 is 4.83. The average Bonchev–Trinajstić information content (AvgIpc) is 3.42. The van der Waals surface area contributed by atoms with E-state index >= 15 is 0 Å². The fourth-order valence-electron chi connectivity index (χ4n) is 5.84. The molecule has 0 spiro atoms. The third-order valence-electron chi connectivity index (χ3n) is 7.16. The van der Waals surface area contributed by atoms with Crippen molar-refractivity contribution in [2.24, 2.45) is 0 Å². The third kappa shape index (κ3) is 5.52. The van der Waals surface area contributed by atoms with Crippen molar-refractivity contribution in [3.05, 3.63) is 66.2 Å². The minimum absolute atomic E-state index is 0.0134. The number of anilines is 2. The molecule has 1 fully saturated rings. The highest BCUT2D eigenvalue weighted by molar-refractivity contribution is 6.20. The number of nitrogens with one attached hydrogen (secondary N) is 2. The minimum atomic E-state index is -3.83. The normalized spacial score (nSPS) is 20.0. The number of alkyl halides is 3. The number of amides is 2. The third-order valence-corrected chi connectivity index (χ3v) is 7.23. The largest absolute Gasteiger partial charge is 0.487 e. The molecular formula is C28H28ClF2N5O3. The van der Waals surface area contributed by atoms with Crippen molar-refractivity contribution < 1.29 is 23.1 Å². The van der Waals surface area contributed by atoms with E-state index < -0.39 is 5.57 Å². The Morgan fingerprint density at radius 2 is 1.82 bits per heavy atom. The van der Waals surface area contributed by atoms with Crippen LogP contribution in [0, 0.1) is 0 Å². The van der Waals surface area contributed by atoms with Crippen molar-refractivity contribution >= 4 is 34.8 Å². The molecular weight excluding hydrogens is 528 g/mol. The Morgan fingerprint density at radius 3 is 2.44 bits per heavy atom. The summed E-state index contributed by atoms with van der Waals surface area (Å²) in [5.74, 6) is -0.429. The number of halogens is 3. The van der Waals surface area contributed by atoms with E-state index in [9.17, 15) is 18.4 Å². The van der Waals surface area contributed by atoms with Gasteiger partial charge in [-0.15, -0.1) is 8.78 Å². The van der Waals surface area contributed by atoms with Gasteiger partial charge in [0.1, 0.15) is 12.1 Å². The summed E-state index contributed by atoms with van der Waals surface area (Å²) in [7, 11) is 0. The first-order chi connectivity index (χ1) is 18.5. The molecule has 2 aliphatic rings. The minimum Gasteiger partial charge on any atom is -0.420 e. The fraction of sp³-hybridized carbons (Fsp3) is 0.357. The quantitative estimate of drug-likeness (QED) is 0.371. The van der Waals surface area contributed by atoms with Crippen molar-refractivity contribution in [2.45, 2.75) is 63.2 Å². The van der Waals surface area contributed by atoms with E-state index in [0.717, 1.165) is 35.2 Å². The Balaban J connectivity index is 1.53. The van der Waals surface area contributed by atoms with E-state index in [1.54, 1.807) is 12.4 Å². The van der Waals surface area contributed by atoms with E-state index in [0.29, 0.717) is 11.3 Å². The van der Waals surface area contributed by atoms with Crippen LogP contribution in [0.2, 0.25) is 0 Å². The Morgan fingerprint density at radius 1 is 1.13 bits per heavy atom. The lowest BCUT2D eigenvalue weighted by atomic mass is 9.92. The molecule has 1 saturated carbocycles. The van der Waals surface area contributed by atoms with Crippen molar-refractivity contribution in [3.63, 3.8) is 0 Å². The van der Waals surface area contributed by atoms with Gasteiger partial charge < -0.3 is 20.3 Å². The Bertz CT molecular complexity index is 1380. The number of fused-ring (bicyclic) bond motifs is 3. The number of rotatable bonds is 7. The highest BCUT2D eigenvalue weighted by Gasteiger charge is 2.49. The van der Waals surface area contributed by atoms with Crippen LogP contribution in [-0.2, 0) is 4.79 Å². The van der Waals surface area contributed by atoms with E-state index in [1.165, 1.54) is 37.5 Å². The predicted molar refractivity (Wildman–Crippen MR) is 144 cm³/mol. The SMILES string of the molecule is CC(=O)N[C@@H]1CC[C@H]2c3cc(C(=O)Nc4ccc(OC(F)(F)Cl)cc4)cc(-c4cncnc4)c3N(C(C)C)[C@@H]12. The van der Waals surface area contributed by atoms with Gasteiger partial charge in [-0.1, -0.05) is 0 Å². The van der Waals surface area contributed by atoms with Gasteiger partial charge in [0.15, 0.2) is 0 Å². The molecule has 0 saturated heterocycles. The fourth-order valence-corrected chi connectivity index (χ4v) is 5.93. The van der Waals surface area contributed by atoms with E-state index in [1.807, 2.05) is 12.1 Å². The standard InChI is InChI=1S/C28H28ClF2N5O3/c1-15(2)36-25-22(18-12-32-14-33-13-18)10-17(11-23(25)21-8-9-24(26(21)36)34-16(3)37)27(38)35-19-4-6-20(7-5-19)39-28(29,30)31/h4-7,10-15,21,24,26H,8-9H2,1-3H3,(H,34,37)(H,35,38)/t21-,24+,26+/m0/s1. The number of nitrogens with zero attached hydrogens (tertiary/aromatic N) is 3. The molecule has 3 aromatic rings. The van der Waals surface area contributed by atoms with Crippen LogP contribution in [0.15, 0.2) is 55.1 Å². The van der Waals surface area contributed by atoms with Crippen molar-refractivity contribution in [1.29, 1.82) is 0 Å². The number of aromatic nitrogens is 2. The lowest BCUT2D eigenvalue weighted by Gasteiger charge is -2.36. The number of hydrogen-bond donors (Lipinski definition) is 2. The molecule has 2 aromatic carbocycles. The number of hydrogen-bond acceptors (Lipinski definition) is 6. The zero-order valence-corrected chi connectivity index (χ0v) is 22.4. The lowest BCUT2D eigenvalue weighted by molar-refractivity contribution is -0.119. The second-order valence-corrected chi connectivity index (χ2v) is 10.5. The zero-order chi connectivity index (χ0) is 27.9. The molecule has 3 atom stereocenters. The van der Waals surface area contributed by atoms with Crippen molar-refractivity contribution in [3.8, 4) is 16.9 Å². The van der Waals surface area contributed by atoms with Gasteiger partial charge >= 0.3 is 5.57 Å². The molecule has 1 aromatic heterocycles. The van der Waals surface area contributed by atoms with Crippen LogP contribution in [0.5, 0.6) is 5.75 Å². The smallest absolute Gasteiger partial charge is 0.420 e. The number of carbonyl (C=O) groups is 2. The average molecular weight is 556 g/mol. The van der Waals surface area contributed by atoms with Gasteiger partial charge in [-0.05, 0) is 68.7 Å². The summed E-state index contributed by atoms with van der Waals surface area (Å²) in [4.78, 5) is 36.2. The van der Waals surface area contributed by atoms with Gasteiger partial charge in [0.25, 0.3) is 5.91 Å². The summed E-state index contributed by atoms with van der Waals surface area (Å²) in [6.45, 7) is 5.77. The van der Waals surface area contributed by atoms with Crippen LogP contribution < -0.4 is 20.3 Å². The second-order valence-electron chi connectivity index (χ2n) is 10.1. The van der Waals surface area contributed by atoms with E-state index in [4.69, 9.17) is 11.6 Å². The summed E-state index contributed by atoms with van der Waals surface area (Å²) in [6.07, 6.45) is 6.60. The van der Waals surface area contributed by atoms with Gasteiger partial charge in [0, 0.05) is 77.0 Å². The molecule has 8 nitrogen and oxygen atoms in total. The first kappa shape index (κ1) is 26.8. The molecule has 1 aliphatic heterocycles. The van der Waals surface area contributed by atoms with Crippen LogP contribution >= 0.6 is 11.6 Å². The second kappa shape index (κ2) is 10.4. The molecule has 2 amide bonds. The highest BCUT2D eigenvalue weighted by atomic mass is 35.5. The summed E-state index contributed by atoms with van der Waals surface area (Å²) in [5, 5.41) is 5.96. The maximum atomic E-state index is 13.4. The first-order valence-electron chi connectivity index (χ1n) is 12.7. The van der Waals surface area contributed by atoms with Crippen LogP contribution in [0.25, 0.3) is 11.1 Å². The van der Waals surface area contributed by atoms with Gasteiger partial charge in [0.05, 0.1) is 6.04 Å². The number of benzene rings is 2. The molecule has 0 bridgehead atoms. The monoisotopic (exact) mass is 555 g/mol. The molecule has 1 aliphatic carbocycles. The molecule has 11 heteroatoms. The van der Waals surface area contributed by atoms with E-state index in [2.05, 4.69) is 44.1 Å². The summed E-state index contributed by atoms with van der Waals surface area (Å²) in [5.41, 5.74) is 0.681. The maximum Gasteiger partial charge on any atom is 0.487 e. The van der Waals surface area contributed by atoms with Gasteiger partial charge in [0.2, 0.25) is 5.91 Å². The highest BCUT2D eigenvalue weighted by Crippen LogP contribution is 2.53. The topological polar surface area (TPSA) is 96.5 Å². The molecule has 5 rings (SSSR count). The summed E-state index contributed by atoms with van der Waals surface area (Å²) < 4.78 is 30.2. The van der Waals surface area contributed by atoms with E-state index in [-0.39, 0.29) is 41.6 Å². The predicted octanol–water partition coefficient (Wildman–Crippen LogP) is 5.54. The molecule has 2 heterocycles. The zero-order valence-electron chi connectivity index (χ0n) is 21.6.